The van der Waals surface area contributed by atoms with Gasteiger partial charge in [-0.3, -0.25) is 0 Å². The molecular weight excluding hydrogens is 241 g/mol. The van der Waals surface area contributed by atoms with Crippen molar-refractivity contribution in [2.75, 3.05) is 5.32 Å². The molecule has 0 atom stereocenters. The van der Waals surface area contributed by atoms with Crippen molar-refractivity contribution in [1.82, 2.24) is 10.2 Å². The van der Waals surface area contributed by atoms with Crippen molar-refractivity contribution in [2.24, 2.45) is 0 Å². The molecule has 1 aliphatic rings. The van der Waals surface area contributed by atoms with Crippen LogP contribution in [0.5, 0.6) is 0 Å². The minimum atomic E-state index is -0.240. The minimum Gasteiger partial charge on any atom is -0.366 e. The predicted molar refractivity (Wildman–Crippen MR) is 73.3 cm³/mol. The summed E-state index contributed by atoms with van der Waals surface area (Å²) in [7, 11) is 0. The standard InChI is InChI=1S/C15H16FN3/c16-12-7-5-11(6-8-12)14-9-10-15(19-18-14)17-13-3-1-2-4-13/h5-10,13H,1-4H2,(H,17,19). The number of hydrogen-bond acceptors (Lipinski definition) is 3. The molecule has 4 heteroatoms. The van der Waals surface area contributed by atoms with Gasteiger partial charge in [0, 0.05) is 11.6 Å². The van der Waals surface area contributed by atoms with Gasteiger partial charge < -0.3 is 5.32 Å². The van der Waals surface area contributed by atoms with Crippen LogP contribution in [0.15, 0.2) is 36.4 Å². The maximum atomic E-state index is 12.8. The highest BCUT2D eigenvalue weighted by molar-refractivity contribution is 5.59. The number of aromatic nitrogens is 2. The Morgan fingerprint density at radius 3 is 2.32 bits per heavy atom. The van der Waals surface area contributed by atoms with Gasteiger partial charge in [0.25, 0.3) is 0 Å². The van der Waals surface area contributed by atoms with Gasteiger partial charge >= 0.3 is 0 Å². The number of rotatable bonds is 3. The lowest BCUT2D eigenvalue weighted by molar-refractivity contribution is 0.628. The molecule has 0 amide bonds. The van der Waals surface area contributed by atoms with Crippen molar-refractivity contribution in [3.8, 4) is 11.3 Å². The molecule has 1 aliphatic carbocycles. The summed E-state index contributed by atoms with van der Waals surface area (Å²) in [5.41, 5.74) is 1.64. The monoisotopic (exact) mass is 257 g/mol. The van der Waals surface area contributed by atoms with Crippen molar-refractivity contribution in [3.63, 3.8) is 0 Å². The molecule has 98 valence electrons. The average Bonchev–Trinajstić information content (AvgIpc) is 2.94. The summed E-state index contributed by atoms with van der Waals surface area (Å²) in [6, 6.07) is 10.7. The van der Waals surface area contributed by atoms with Gasteiger partial charge in [0.15, 0.2) is 0 Å². The van der Waals surface area contributed by atoms with Crippen molar-refractivity contribution in [2.45, 2.75) is 31.7 Å². The van der Waals surface area contributed by atoms with Crippen LogP contribution in [0.2, 0.25) is 0 Å². The summed E-state index contributed by atoms with van der Waals surface area (Å²) in [5.74, 6) is 0.578. The van der Waals surface area contributed by atoms with E-state index in [1.54, 1.807) is 12.1 Å². The van der Waals surface area contributed by atoms with Crippen molar-refractivity contribution in [1.29, 1.82) is 0 Å². The molecule has 1 aromatic carbocycles. The second-order valence-electron chi connectivity index (χ2n) is 4.94. The fourth-order valence-corrected chi connectivity index (χ4v) is 2.46. The van der Waals surface area contributed by atoms with Crippen LogP contribution in [0.4, 0.5) is 10.2 Å². The molecule has 2 aromatic rings. The van der Waals surface area contributed by atoms with E-state index in [9.17, 15) is 4.39 Å². The summed E-state index contributed by atoms with van der Waals surface area (Å²) in [5, 5.41) is 11.8. The highest BCUT2D eigenvalue weighted by Gasteiger charge is 2.14. The number of hydrogen-bond donors (Lipinski definition) is 1. The fraction of sp³-hybridized carbons (Fsp3) is 0.333. The van der Waals surface area contributed by atoms with Crippen LogP contribution in [0.25, 0.3) is 11.3 Å². The van der Waals surface area contributed by atoms with Crippen LogP contribution in [-0.4, -0.2) is 16.2 Å². The van der Waals surface area contributed by atoms with Crippen LogP contribution in [0, 0.1) is 5.82 Å². The van der Waals surface area contributed by atoms with E-state index >= 15 is 0 Å². The van der Waals surface area contributed by atoms with Crippen molar-refractivity contribution < 1.29 is 4.39 Å². The SMILES string of the molecule is Fc1ccc(-c2ccc(NC3CCCC3)nn2)cc1. The number of nitrogens with zero attached hydrogens (tertiary/aromatic N) is 2. The molecule has 3 nitrogen and oxygen atoms in total. The Bertz CT molecular complexity index is 530. The Balaban J connectivity index is 1.72. The number of halogens is 1. The second kappa shape index (κ2) is 5.34. The topological polar surface area (TPSA) is 37.8 Å². The zero-order valence-electron chi connectivity index (χ0n) is 10.6. The molecule has 0 bridgehead atoms. The Labute approximate surface area is 111 Å². The Morgan fingerprint density at radius 2 is 1.68 bits per heavy atom. The highest BCUT2D eigenvalue weighted by atomic mass is 19.1. The number of nitrogens with one attached hydrogen (secondary N) is 1. The quantitative estimate of drug-likeness (QED) is 0.912. The Kier molecular flexibility index (Phi) is 3.40. The Hall–Kier alpha value is -1.97. The summed E-state index contributed by atoms with van der Waals surface area (Å²) >= 11 is 0. The van der Waals surface area contributed by atoms with E-state index in [0.717, 1.165) is 17.1 Å². The van der Waals surface area contributed by atoms with Gasteiger partial charge in [-0.25, -0.2) is 4.39 Å². The Morgan fingerprint density at radius 1 is 0.947 bits per heavy atom. The lowest BCUT2D eigenvalue weighted by Gasteiger charge is -2.11. The van der Waals surface area contributed by atoms with E-state index in [0.29, 0.717) is 6.04 Å². The largest absolute Gasteiger partial charge is 0.366 e. The van der Waals surface area contributed by atoms with Crippen molar-refractivity contribution in [3.05, 3.63) is 42.2 Å². The summed E-state index contributed by atoms with van der Waals surface area (Å²) in [6.07, 6.45) is 5.00. The molecule has 19 heavy (non-hydrogen) atoms. The van der Waals surface area contributed by atoms with Gasteiger partial charge in [-0.1, -0.05) is 12.8 Å². The molecule has 0 aliphatic heterocycles. The van der Waals surface area contributed by atoms with Crippen LogP contribution in [-0.2, 0) is 0 Å². The van der Waals surface area contributed by atoms with Gasteiger partial charge in [0.05, 0.1) is 5.69 Å². The van der Waals surface area contributed by atoms with Gasteiger partial charge in [-0.2, -0.15) is 0 Å². The second-order valence-corrected chi connectivity index (χ2v) is 4.94. The third kappa shape index (κ3) is 2.89. The zero-order valence-corrected chi connectivity index (χ0v) is 10.6. The van der Waals surface area contributed by atoms with Crippen molar-refractivity contribution >= 4 is 5.82 Å². The van der Waals surface area contributed by atoms with Crippen LogP contribution in [0.1, 0.15) is 25.7 Å². The summed E-state index contributed by atoms with van der Waals surface area (Å²) < 4.78 is 12.8. The van der Waals surface area contributed by atoms with Crippen LogP contribution in [0.3, 0.4) is 0 Å². The van der Waals surface area contributed by atoms with E-state index in [2.05, 4.69) is 15.5 Å². The molecule has 3 rings (SSSR count). The minimum absolute atomic E-state index is 0.240. The van der Waals surface area contributed by atoms with E-state index in [4.69, 9.17) is 0 Å². The highest BCUT2D eigenvalue weighted by Crippen LogP contribution is 2.22. The first-order valence-electron chi connectivity index (χ1n) is 6.67. The molecule has 0 saturated heterocycles. The first kappa shape index (κ1) is 12.1. The van der Waals surface area contributed by atoms with Gasteiger partial charge in [0.2, 0.25) is 0 Å². The molecule has 1 aromatic heterocycles. The molecule has 1 heterocycles. The molecule has 1 fully saturated rings. The first-order chi connectivity index (χ1) is 9.31. The van der Waals surface area contributed by atoms with Gasteiger partial charge in [0.1, 0.15) is 11.6 Å². The molecule has 1 N–H and O–H groups in total. The number of anilines is 1. The maximum Gasteiger partial charge on any atom is 0.148 e. The number of benzene rings is 1. The van der Waals surface area contributed by atoms with E-state index in [-0.39, 0.29) is 5.82 Å². The maximum absolute atomic E-state index is 12.8. The lowest BCUT2D eigenvalue weighted by atomic mass is 10.1. The van der Waals surface area contributed by atoms with Crippen LogP contribution >= 0.6 is 0 Å². The molecule has 0 spiro atoms. The van der Waals surface area contributed by atoms with Gasteiger partial charge in [-0.15, -0.1) is 10.2 Å². The predicted octanol–water partition coefficient (Wildman–Crippen LogP) is 3.64. The molecule has 1 saturated carbocycles. The summed E-state index contributed by atoms with van der Waals surface area (Å²) in [4.78, 5) is 0. The first-order valence-corrected chi connectivity index (χ1v) is 6.67. The normalized spacial score (nSPS) is 15.6. The van der Waals surface area contributed by atoms with E-state index in [1.807, 2.05) is 12.1 Å². The molecule has 0 radical (unpaired) electrons. The molecular formula is C15H16FN3. The molecule has 0 unspecified atom stereocenters. The van der Waals surface area contributed by atoms with E-state index in [1.165, 1.54) is 37.8 Å². The lowest BCUT2D eigenvalue weighted by Crippen LogP contribution is -2.15. The smallest absolute Gasteiger partial charge is 0.148 e. The average molecular weight is 257 g/mol. The van der Waals surface area contributed by atoms with E-state index < -0.39 is 0 Å². The fourth-order valence-electron chi connectivity index (χ4n) is 2.46. The third-order valence-electron chi connectivity index (χ3n) is 3.51. The zero-order chi connectivity index (χ0) is 13.1. The van der Waals surface area contributed by atoms with Gasteiger partial charge in [-0.05, 0) is 49.2 Å². The summed E-state index contributed by atoms with van der Waals surface area (Å²) in [6.45, 7) is 0. The third-order valence-corrected chi connectivity index (χ3v) is 3.51. The van der Waals surface area contributed by atoms with Crippen LogP contribution < -0.4 is 5.32 Å².